The summed E-state index contributed by atoms with van der Waals surface area (Å²) in [6.07, 6.45) is 0. The summed E-state index contributed by atoms with van der Waals surface area (Å²) in [5.74, 6) is 0.162. The molecule has 1 atom stereocenters. The molecule has 0 heterocycles. The van der Waals surface area contributed by atoms with Gasteiger partial charge in [0.1, 0.15) is 0 Å². The Morgan fingerprint density at radius 3 is 2.83 bits per heavy atom. The molecule has 0 radical (unpaired) electrons. The number of rotatable bonds is 6. The first-order valence-electron chi connectivity index (χ1n) is 5.53. The summed E-state index contributed by atoms with van der Waals surface area (Å²) >= 11 is 4.74. The molecule has 1 aromatic carbocycles. The molecule has 6 heteroatoms. The van der Waals surface area contributed by atoms with Crippen molar-refractivity contribution in [1.82, 2.24) is 0 Å². The van der Waals surface area contributed by atoms with Crippen molar-refractivity contribution in [3.8, 4) is 0 Å². The van der Waals surface area contributed by atoms with Gasteiger partial charge < -0.3 is 10.4 Å². The molecule has 0 aliphatic carbocycles. The molecule has 0 aliphatic heterocycles. The molecule has 18 heavy (non-hydrogen) atoms. The van der Waals surface area contributed by atoms with Crippen LogP contribution in [0.4, 0.5) is 10.1 Å². The van der Waals surface area contributed by atoms with E-state index in [1.165, 1.54) is 12.1 Å². The lowest BCUT2D eigenvalue weighted by molar-refractivity contribution is 0.0695. The first-order chi connectivity index (χ1) is 8.47. The van der Waals surface area contributed by atoms with Crippen LogP contribution < -0.4 is 5.32 Å². The van der Waals surface area contributed by atoms with Crippen LogP contribution in [0.2, 0.25) is 0 Å². The van der Waals surface area contributed by atoms with E-state index in [2.05, 4.69) is 28.2 Å². The zero-order valence-corrected chi connectivity index (χ0v) is 12.6. The number of benzene rings is 1. The van der Waals surface area contributed by atoms with E-state index in [9.17, 15) is 9.18 Å². The predicted molar refractivity (Wildman–Crippen MR) is 77.1 cm³/mol. The normalized spacial score (nSPS) is 12.2. The van der Waals surface area contributed by atoms with Crippen LogP contribution in [0.3, 0.4) is 0 Å². The van der Waals surface area contributed by atoms with Gasteiger partial charge in [-0.15, -0.1) is 0 Å². The summed E-state index contributed by atoms with van der Waals surface area (Å²) in [5, 5.41) is 11.9. The maximum Gasteiger partial charge on any atom is 0.336 e. The molecule has 0 aliphatic rings. The van der Waals surface area contributed by atoms with E-state index in [1.54, 1.807) is 11.8 Å². The van der Waals surface area contributed by atoms with E-state index in [4.69, 9.17) is 5.11 Å². The predicted octanol–water partition coefficient (Wildman–Crippen LogP) is 3.84. The lowest BCUT2D eigenvalue weighted by atomic mass is 10.2. The highest BCUT2D eigenvalue weighted by Gasteiger charge is 2.16. The Hall–Kier alpha value is -0.750. The molecule has 0 bridgehead atoms. The van der Waals surface area contributed by atoms with Gasteiger partial charge in [-0.3, -0.25) is 0 Å². The number of halogens is 2. The Morgan fingerprint density at radius 2 is 2.28 bits per heavy atom. The number of aromatic carboxylic acids is 1. The van der Waals surface area contributed by atoms with E-state index in [0.29, 0.717) is 5.69 Å². The number of hydrogen-bond donors (Lipinski definition) is 2. The standard InChI is InChI=1S/C12H15BrFNO2S/c1-3-18-6-7(2)15-9-5-4-8(12(16)17)10(13)11(9)14/h4-5,7,15H,3,6H2,1-2H3,(H,16,17). The highest BCUT2D eigenvalue weighted by Crippen LogP contribution is 2.27. The van der Waals surface area contributed by atoms with Gasteiger partial charge in [-0.2, -0.15) is 11.8 Å². The molecule has 0 saturated carbocycles. The Kier molecular flexibility index (Phi) is 5.95. The molecule has 2 N–H and O–H groups in total. The molecule has 0 amide bonds. The molecule has 100 valence electrons. The minimum Gasteiger partial charge on any atom is -0.478 e. The summed E-state index contributed by atoms with van der Waals surface area (Å²) in [7, 11) is 0. The number of thioether (sulfide) groups is 1. The number of carboxylic acid groups (broad SMARTS) is 1. The van der Waals surface area contributed by atoms with Gasteiger partial charge in [0.15, 0.2) is 5.82 Å². The summed E-state index contributed by atoms with van der Waals surface area (Å²) in [5.41, 5.74) is 0.240. The summed E-state index contributed by atoms with van der Waals surface area (Å²) in [4.78, 5) is 10.8. The molecule has 1 aromatic rings. The van der Waals surface area contributed by atoms with Crippen LogP contribution in [0.1, 0.15) is 24.2 Å². The van der Waals surface area contributed by atoms with Crippen LogP contribution in [0, 0.1) is 5.82 Å². The van der Waals surface area contributed by atoms with E-state index in [0.717, 1.165) is 11.5 Å². The molecule has 1 rings (SSSR count). The molecule has 0 saturated heterocycles. The number of nitrogens with one attached hydrogen (secondary N) is 1. The van der Waals surface area contributed by atoms with E-state index >= 15 is 0 Å². The minimum absolute atomic E-state index is 0.0182. The Labute approximate surface area is 118 Å². The summed E-state index contributed by atoms with van der Waals surface area (Å²) in [6.45, 7) is 4.03. The van der Waals surface area contributed by atoms with Crippen LogP contribution in [-0.4, -0.2) is 28.6 Å². The van der Waals surface area contributed by atoms with Crippen molar-refractivity contribution in [1.29, 1.82) is 0 Å². The average molecular weight is 336 g/mol. The third-order valence-electron chi connectivity index (χ3n) is 2.29. The number of carbonyl (C=O) groups is 1. The Balaban J connectivity index is 2.85. The van der Waals surface area contributed by atoms with E-state index < -0.39 is 11.8 Å². The van der Waals surface area contributed by atoms with E-state index in [1.807, 2.05) is 6.92 Å². The fourth-order valence-electron chi connectivity index (χ4n) is 1.43. The highest BCUT2D eigenvalue weighted by atomic mass is 79.9. The summed E-state index contributed by atoms with van der Waals surface area (Å²) < 4.78 is 13.9. The molecule has 3 nitrogen and oxygen atoms in total. The SMILES string of the molecule is CCSCC(C)Nc1ccc(C(=O)O)c(Br)c1F. The maximum atomic E-state index is 13.9. The van der Waals surface area contributed by atoms with Gasteiger partial charge in [0, 0.05) is 11.8 Å². The van der Waals surface area contributed by atoms with Gasteiger partial charge in [-0.1, -0.05) is 6.92 Å². The van der Waals surface area contributed by atoms with Crippen LogP contribution in [0.5, 0.6) is 0 Å². The van der Waals surface area contributed by atoms with Gasteiger partial charge in [-0.05, 0) is 40.7 Å². The number of anilines is 1. The van der Waals surface area contributed by atoms with Crippen molar-refractivity contribution < 1.29 is 14.3 Å². The maximum absolute atomic E-state index is 13.9. The highest BCUT2D eigenvalue weighted by molar-refractivity contribution is 9.10. The van der Waals surface area contributed by atoms with Crippen molar-refractivity contribution in [3.63, 3.8) is 0 Å². The molecule has 0 aromatic heterocycles. The lowest BCUT2D eigenvalue weighted by Gasteiger charge is -2.16. The Bertz CT molecular complexity index is 442. The molecule has 0 spiro atoms. The van der Waals surface area contributed by atoms with Gasteiger partial charge in [-0.25, -0.2) is 9.18 Å². The largest absolute Gasteiger partial charge is 0.478 e. The second-order valence-corrected chi connectivity index (χ2v) is 5.91. The van der Waals surface area contributed by atoms with Crippen LogP contribution in [0.25, 0.3) is 0 Å². The van der Waals surface area contributed by atoms with Crippen LogP contribution in [0.15, 0.2) is 16.6 Å². The second-order valence-electron chi connectivity index (χ2n) is 3.80. The molecule has 1 unspecified atom stereocenters. The number of carboxylic acids is 1. The van der Waals surface area contributed by atoms with Gasteiger partial charge in [0.25, 0.3) is 0 Å². The summed E-state index contributed by atoms with van der Waals surface area (Å²) in [6, 6.07) is 2.96. The smallest absolute Gasteiger partial charge is 0.336 e. The van der Waals surface area contributed by atoms with Crippen molar-refractivity contribution >= 4 is 39.3 Å². The fraction of sp³-hybridized carbons (Fsp3) is 0.417. The second kappa shape index (κ2) is 6.99. The van der Waals surface area contributed by atoms with Crippen molar-refractivity contribution in [2.75, 3.05) is 16.8 Å². The molecular weight excluding hydrogens is 321 g/mol. The quantitative estimate of drug-likeness (QED) is 0.829. The third kappa shape index (κ3) is 3.88. The van der Waals surface area contributed by atoms with Crippen molar-refractivity contribution in [2.24, 2.45) is 0 Å². The zero-order chi connectivity index (χ0) is 13.7. The fourth-order valence-corrected chi connectivity index (χ4v) is 2.62. The van der Waals surface area contributed by atoms with Gasteiger partial charge in [0.05, 0.1) is 15.7 Å². The van der Waals surface area contributed by atoms with Crippen molar-refractivity contribution in [3.05, 3.63) is 28.0 Å². The Morgan fingerprint density at radius 1 is 1.61 bits per heavy atom. The van der Waals surface area contributed by atoms with Crippen LogP contribution >= 0.6 is 27.7 Å². The van der Waals surface area contributed by atoms with E-state index in [-0.39, 0.29) is 16.1 Å². The van der Waals surface area contributed by atoms with Crippen LogP contribution in [-0.2, 0) is 0 Å². The molecular formula is C12H15BrFNO2S. The minimum atomic E-state index is -1.15. The van der Waals surface area contributed by atoms with Gasteiger partial charge in [0.2, 0.25) is 0 Å². The average Bonchev–Trinajstić information content (AvgIpc) is 2.32. The zero-order valence-electron chi connectivity index (χ0n) is 10.2. The topological polar surface area (TPSA) is 49.3 Å². The first kappa shape index (κ1) is 15.3. The third-order valence-corrected chi connectivity index (χ3v) is 4.21. The lowest BCUT2D eigenvalue weighted by Crippen LogP contribution is -2.19. The first-order valence-corrected chi connectivity index (χ1v) is 7.47. The monoisotopic (exact) mass is 335 g/mol. The van der Waals surface area contributed by atoms with Crippen molar-refractivity contribution in [2.45, 2.75) is 19.9 Å². The number of hydrogen-bond acceptors (Lipinski definition) is 3. The van der Waals surface area contributed by atoms with Gasteiger partial charge >= 0.3 is 5.97 Å². The molecule has 0 fully saturated rings.